The number of amides is 1. The smallest absolute Gasteiger partial charge is 0.416 e. The third-order valence-electron chi connectivity index (χ3n) is 4.28. The molecule has 5 N–H and O–H groups in total. The third kappa shape index (κ3) is 3.98. The van der Waals surface area contributed by atoms with E-state index in [1.165, 1.54) is 18.2 Å². The van der Waals surface area contributed by atoms with E-state index in [0.29, 0.717) is 17.8 Å². The lowest BCUT2D eigenvalue weighted by molar-refractivity contribution is -0.137. The van der Waals surface area contributed by atoms with Gasteiger partial charge in [-0.3, -0.25) is 4.79 Å². The lowest BCUT2D eigenvalue weighted by Crippen LogP contribution is -2.22. The van der Waals surface area contributed by atoms with E-state index >= 15 is 0 Å². The zero-order valence-electron chi connectivity index (χ0n) is 15.1. The van der Waals surface area contributed by atoms with Gasteiger partial charge in [-0.1, -0.05) is 12.1 Å². The van der Waals surface area contributed by atoms with Crippen molar-refractivity contribution in [3.8, 4) is 39.8 Å². The molecule has 0 fully saturated rings. The molecule has 6 nitrogen and oxygen atoms in total. The Morgan fingerprint density at radius 1 is 1.00 bits per heavy atom. The van der Waals surface area contributed by atoms with E-state index in [4.69, 9.17) is 0 Å². The minimum Gasteiger partial charge on any atom is -0.504 e. The normalized spacial score (nSPS) is 11.4. The number of carbonyl (C=O) groups is 1. The summed E-state index contributed by atoms with van der Waals surface area (Å²) in [6, 6.07) is 8.17. The van der Waals surface area contributed by atoms with Gasteiger partial charge in [-0.25, -0.2) is 0 Å². The standard InChI is InChI=1S/C20H17F3N2O4/c1-2-24-19(29)13-9-14(10-3-5-12(6-4-10)20(21,22)23)25-17(13)11-7-15(26)18(28)16(27)8-11/h3-9,25-28H,2H2,1H3,(H,24,29). The number of phenols is 3. The number of nitrogens with one attached hydrogen (secondary N) is 2. The van der Waals surface area contributed by atoms with Gasteiger partial charge in [0.05, 0.1) is 16.8 Å². The summed E-state index contributed by atoms with van der Waals surface area (Å²) in [4.78, 5) is 15.4. The molecule has 152 valence electrons. The summed E-state index contributed by atoms with van der Waals surface area (Å²) in [6.07, 6.45) is -4.47. The van der Waals surface area contributed by atoms with Crippen molar-refractivity contribution in [3.05, 3.63) is 53.6 Å². The first kappa shape index (κ1) is 20.1. The predicted octanol–water partition coefficient (Wildman–Crippen LogP) is 4.23. The topological polar surface area (TPSA) is 106 Å². The maximum Gasteiger partial charge on any atom is 0.416 e. The van der Waals surface area contributed by atoms with Crippen molar-refractivity contribution in [1.29, 1.82) is 0 Å². The van der Waals surface area contributed by atoms with Gasteiger partial charge < -0.3 is 25.6 Å². The molecule has 0 aliphatic carbocycles. The van der Waals surface area contributed by atoms with E-state index in [1.807, 2.05) is 0 Å². The minimum absolute atomic E-state index is 0.159. The Kier molecular flexibility index (Phi) is 5.15. The van der Waals surface area contributed by atoms with E-state index in [1.54, 1.807) is 6.92 Å². The number of halogens is 3. The molecule has 0 aliphatic heterocycles. The molecule has 3 aromatic rings. The molecule has 1 amide bonds. The lowest BCUT2D eigenvalue weighted by atomic mass is 10.1. The molecule has 0 spiro atoms. The molecule has 0 radical (unpaired) electrons. The highest BCUT2D eigenvalue weighted by molar-refractivity contribution is 6.02. The first-order chi connectivity index (χ1) is 13.6. The molecule has 0 aliphatic rings. The molecule has 0 unspecified atom stereocenters. The number of aromatic hydroxyl groups is 3. The van der Waals surface area contributed by atoms with E-state index < -0.39 is 34.9 Å². The molecule has 3 rings (SSSR count). The first-order valence-corrected chi connectivity index (χ1v) is 8.56. The van der Waals surface area contributed by atoms with E-state index in [0.717, 1.165) is 24.3 Å². The van der Waals surface area contributed by atoms with Crippen LogP contribution in [0.5, 0.6) is 17.2 Å². The molecule has 1 aromatic heterocycles. The molecule has 0 atom stereocenters. The number of aromatic amines is 1. The van der Waals surface area contributed by atoms with Crippen molar-refractivity contribution in [3.63, 3.8) is 0 Å². The summed E-state index contributed by atoms with van der Waals surface area (Å²) in [6.45, 7) is 2.06. The van der Waals surface area contributed by atoms with Crippen LogP contribution in [0, 0.1) is 0 Å². The van der Waals surface area contributed by atoms with E-state index in [-0.39, 0.29) is 16.8 Å². The number of aromatic nitrogens is 1. The zero-order chi connectivity index (χ0) is 21.3. The second-order valence-corrected chi connectivity index (χ2v) is 6.27. The van der Waals surface area contributed by atoms with Gasteiger partial charge in [-0.05, 0) is 42.8 Å². The molecule has 0 saturated carbocycles. The van der Waals surface area contributed by atoms with Crippen molar-refractivity contribution in [1.82, 2.24) is 10.3 Å². The van der Waals surface area contributed by atoms with Crippen molar-refractivity contribution >= 4 is 5.91 Å². The van der Waals surface area contributed by atoms with Crippen LogP contribution in [0.3, 0.4) is 0 Å². The van der Waals surface area contributed by atoms with Gasteiger partial charge in [-0.2, -0.15) is 13.2 Å². The summed E-state index contributed by atoms with van der Waals surface area (Å²) in [5, 5.41) is 31.7. The van der Waals surface area contributed by atoms with Crippen LogP contribution < -0.4 is 5.32 Å². The molecular weight excluding hydrogens is 389 g/mol. The Balaban J connectivity index is 2.12. The Bertz CT molecular complexity index is 1030. The maximum atomic E-state index is 12.8. The zero-order valence-corrected chi connectivity index (χ0v) is 15.1. The van der Waals surface area contributed by atoms with Gasteiger partial charge >= 0.3 is 6.18 Å². The molecule has 0 saturated heterocycles. The van der Waals surface area contributed by atoms with Crippen LogP contribution in [0.2, 0.25) is 0 Å². The first-order valence-electron chi connectivity index (χ1n) is 8.56. The van der Waals surface area contributed by atoms with Gasteiger partial charge in [0.25, 0.3) is 5.91 Å². The number of hydrogen-bond acceptors (Lipinski definition) is 4. The van der Waals surface area contributed by atoms with Crippen molar-refractivity contribution < 1.29 is 33.3 Å². The Hall–Kier alpha value is -3.62. The van der Waals surface area contributed by atoms with Gasteiger partial charge in [0.15, 0.2) is 17.2 Å². The largest absolute Gasteiger partial charge is 0.504 e. The lowest BCUT2D eigenvalue weighted by Gasteiger charge is -2.08. The van der Waals surface area contributed by atoms with Gasteiger partial charge in [0.1, 0.15) is 0 Å². The number of rotatable bonds is 4. The summed E-state index contributed by atoms with van der Waals surface area (Å²) in [7, 11) is 0. The van der Waals surface area contributed by atoms with Crippen LogP contribution in [0.4, 0.5) is 13.2 Å². The third-order valence-corrected chi connectivity index (χ3v) is 4.28. The summed E-state index contributed by atoms with van der Waals surface area (Å²) in [5.74, 6) is -2.34. The SMILES string of the molecule is CCNC(=O)c1cc(-c2ccc(C(F)(F)F)cc2)[nH]c1-c1cc(O)c(O)c(O)c1. The van der Waals surface area contributed by atoms with Crippen LogP contribution in [-0.4, -0.2) is 32.8 Å². The van der Waals surface area contributed by atoms with Gasteiger partial charge in [0.2, 0.25) is 0 Å². The quantitative estimate of drug-likeness (QED) is 0.418. The number of carbonyl (C=O) groups excluding carboxylic acids is 1. The fourth-order valence-corrected chi connectivity index (χ4v) is 2.86. The van der Waals surface area contributed by atoms with Crippen molar-refractivity contribution in [2.75, 3.05) is 6.54 Å². The van der Waals surface area contributed by atoms with Crippen LogP contribution >= 0.6 is 0 Å². The second kappa shape index (κ2) is 7.42. The number of H-pyrrole nitrogens is 1. The fraction of sp³-hybridized carbons (Fsp3) is 0.150. The number of phenolic OH excluding ortho intramolecular Hbond substituents is 3. The Morgan fingerprint density at radius 2 is 1.59 bits per heavy atom. The minimum atomic E-state index is -4.47. The van der Waals surface area contributed by atoms with Crippen molar-refractivity contribution in [2.24, 2.45) is 0 Å². The molecule has 9 heteroatoms. The average Bonchev–Trinajstić information content (AvgIpc) is 3.11. The van der Waals surface area contributed by atoms with Gasteiger partial charge in [0, 0.05) is 17.8 Å². The Morgan fingerprint density at radius 3 is 2.10 bits per heavy atom. The number of hydrogen-bond donors (Lipinski definition) is 5. The van der Waals surface area contributed by atoms with Crippen LogP contribution in [0.25, 0.3) is 22.5 Å². The average molecular weight is 406 g/mol. The number of benzene rings is 2. The highest BCUT2D eigenvalue weighted by Crippen LogP contribution is 2.40. The van der Waals surface area contributed by atoms with Crippen molar-refractivity contribution in [2.45, 2.75) is 13.1 Å². The second-order valence-electron chi connectivity index (χ2n) is 6.27. The highest BCUT2D eigenvalue weighted by atomic mass is 19.4. The van der Waals surface area contributed by atoms with Gasteiger partial charge in [-0.15, -0.1) is 0 Å². The summed E-state index contributed by atoms with van der Waals surface area (Å²) < 4.78 is 38.3. The highest BCUT2D eigenvalue weighted by Gasteiger charge is 2.30. The molecular formula is C20H17F3N2O4. The Labute approximate surface area is 163 Å². The number of alkyl halides is 3. The molecule has 29 heavy (non-hydrogen) atoms. The molecule has 0 bridgehead atoms. The van der Waals surface area contributed by atoms with E-state index in [9.17, 15) is 33.3 Å². The predicted molar refractivity (Wildman–Crippen MR) is 99.7 cm³/mol. The summed E-state index contributed by atoms with van der Waals surface area (Å²) in [5.41, 5.74) is 0.550. The van der Waals surface area contributed by atoms with E-state index in [2.05, 4.69) is 10.3 Å². The fourth-order valence-electron chi connectivity index (χ4n) is 2.86. The summed E-state index contributed by atoms with van der Waals surface area (Å²) >= 11 is 0. The molecule has 2 aromatic carbocycles. The van der Waals surface area contributed by atoms with Crippen LogP contribution in [0.1, 0.15) is 22.8 Å². The molecule has 1 heterocycles. The van der Waals surface area contributed by atoms with Crippen LogP contribution in [0.15, 0.2) is 42.5 Å². The monoisotopic (exact) mass is 406 g/mol. The maximum absolute atomic E-state index is 12.8. The van der Waals surface area contributed by atoms with Crippen LogP contribution in [-0.2, 0) is 6.18 Å².